The molecule has 0 bridgehead atoms. The van der Waals surface area contributed by atoms with Gasteiger partial charge in [0.25, 0.3) is 0 Å². The highest BCUT2D eigenvalue weighted by molar-refractivity contribution is 9.10. The van der Waals surface area contributed by atoms with Gasteiger partial charge in [0.1, 0.15) is 5.60 Å². The van der Waals surface area contributed by atoms with Gasteiger partial charge in [-0.15, -0.1) is 0 Å². The van der Waals surface area contributed by atoms with Crippen LogP contribution in [0.25, 0.3) is 0 Å². The second kappa shape index (κ2) is 6.48. The summed E-state index contributed by atoms with van der Waals surface area (Å²) in [7, 11) is 4.01. The van der Waals surface area contributed by atoms with E-state index < -0.39 is 5.60 Å². The first-order valence-corrected chi connectivity index (χ1v) is 7.35. The predicted molar refractivity (Wildman–Crippen MR) is 84.5 cm³/mol. The Labute approximate surface area is 128 Å². The van der Waals surface area contributed by atoms with Gasteiger partial charge in [-0.3, -0.25) is 4.98 Å². The molecule has 0 spiro atoms. The van der Waals surface area contributed by atoms with Crippen molar-refractivity contribution >= 4 is 15.9 Å². The summed E-state index contributed by atoms with van der Waals surface area (Å²) < 4.78 is 1.00. The van der Waals surface area contributed by atoms with Crippen LogP contribution in [0.3, 0.4) is 0 Å². The molecule has 0 aliphatic rings. The predicted octanol–water partition coefficient (Wildman–Crippen LogP) is 3.03. The summed E-state index contributed by atoms with van der Waals surface area (Å²) in [6, 6.07) is 11.6. The highest BCUT2D eigenvalue weighted by Crippen LogP contribution is 2.33. The topological polar surface area (TPSA) is 36.4 Å². The van der Waals surface area contributed by atoms with Crippen LogP contribution in [0, 0.1) is 0 Å². The molecule has 1 N–H and O–H groups in total. The van der Waals surface area contributed by atoms with E-state index in [0.717, 1.165) is 22.1 Å². The smallest absolute Gasteiger partial charge is 0.117 e. The van der Waals surface area contributed by atoms with Gasteiger partial charge in [0.15, 0.2) is 0 Å². The average molecular weight is 335 g/mol. The van der Waals surface area contributed by atoms with Crippen LogP contribution >= 0.6 is 15.9 Å². The second-order valence-electron chi connectivity index (χ2n) is 5.16. The number of hydrogen-bond donors (Lipinski definition) is 1. The largest absolute Gasteiger partial charge is 0.380 e. The molecular weight excluding hydrogens is 316 g/mol. The van der Waals surface area contributed by atoms with E-state index in [1.165, 1.54) is 0 Å². The van der Waals surface area contributed by atoms with E-state index >= 15 is 0 Å². The van der Waals surface area contributed by atoms with Crippen molar-refractivity contribution in [2.75, 3.05) is 20.6 Å². The molecule has 0 amide bonds. The summed E-state index contributed by atoms with van der Waals surface area (Å²) in [6.45, 7) is 0.793. The number of benzene rings is 1. The molecule has 0 fully saturated rings. The first-order valence-electron chi connectivity index (χ1n) is 6.56. The summed E-state index contributed by atoms with van der Waals surface area (Å²) in [5.74, 6) is 0. The third-order valence-corrected chi connectivity index (χ3v) is 3.91. The SMILES string of the molecule is CN(C)CC[C@@](O)(c1ccc(Br)cc1)c1cccnc1. The fourth-order valence-electron chi connectivity index (χ4n) is 2.17. The van der Waals surface area contributed by atoms with Gasteiger partial charge in [-0.05, 0) is 44.3 Å². The zero-order valence-corrected chi connectivity index (χ0v) is 13.3. The molecule has 1 heterocycles. The number of aliphatic hydroxyl groups is 1. The Kier molecular flexibility index (Phi) is 4.91. The molecule has 2 rings (SSSR count). The maximum Gasteiger partial charge on any atom is 0.117 e. The zero-order chi connectivity index (χ0) is 14.6. The Morgan fingerprint density at radius 3 is 2.40 bits per heavy atom. The van der Waals surface area contributed by atoms with Crippen LogP contribution in [0.4, 0.5) is 0 Å². The molecule has 4 heteroatoms. The van der Waals surface area contributed by atoms with Gasteiger partial charge >= 0.3 is 0 Å². The fourth-order valence-corrected chi connectivity index (χ4v) is 2.44. The lowest BCUT2D eigenvalue weighted by Crippen LogP contribution is -2.32. The molecule has 0 aliphatic heterocycles. The molecule has 106 valence electrons. The summed E-state index contributed by atoms with van der Waals surface area (Å²) in [4.78, 5) is 6.21. The van der Waals surface area contributed by atoms with Crippen molar-refractivity contribution in [1.82, 2.24) is 9.88 Å². The number of rotatable bonds is 5. The Hall–Kier alpha value is -1.23. The lowest BCUT2D eigenvalue weighted by molar-refractivity contribution is 0.0625. The van der Waals surface area contributed by atoms with Crippen molar-refractivity contribution < 1.29 is 5.11 Å². The van der Waals surface area contributed by atoms with Crippen LogP contribution in [-0.4, -0.2) is 35.6 Å². The van der Waals surface area contributed by atoms with Gasteiger partial charge in [-0.1, -0.05) is 34.1 Å². The monoisotopic (exact) mass is 334 g/mol. The summed E-state index contributed by atoms with van der Waals surface area (Å²) >= 11 is 3.43. The lowest BCUT2D eigenvalue weighted by atomic mass is 9.84. The third-order valence-electron chi connectivity index (χ3n) is 3.38. The molecule has 2 aromatic rings. The van der Waals surface area contributed by atoms with Gasteiger partial charge in [0.2, 0.25) is 0 Å². The van der Waals surface area contributed by atoms with Gasteiger partial charge in [0.05, 0.1) is 0 Å². The van der Waals surface area contributed by atoms with E-state index in [-0.39, 0.29) is 0 Å². The van der Waals surface area contributed by atoms with Crippen LogP contribution in [0.5, 0.6) is 0 Å². The quantitative estimate of drug-likeness (QED) is 0.912. The van der Waals surface area contributed by atoms with Crippen LogP contribution < -0.4 is 0 Å². The van der Waals surface area contributed by atoms with Crippen molar-refractivity contribution in [1.29, 1.82) is 0 Å². The van der Waals surface area contributed by atoms with Gasteiger partial charge in [-0.2, -0.15) is 0 Å². The standard InChI is InChI=1S/C16H19BrN2O/c1-19(2)11-9-16(20,14-4-3-10-18-12-14)13-5-7-15(17)8-6-13/h3-8,10,12,20H,9,11H2,1-2H3/t16-/m1/s1. The summed E-state index contributed by atoms with van der Waals surface area (Å²) in [5, 5.41) is 11.2. The number of aromatic nitrogens is 1. The van der Waals surface area contributed by atoms with E-state index in [2.05, 4.69) is 25.8 Å². The maximum atomic E-state index is 11.2. The molecule has 0 aliphatic carbocycles. The van der Waals surface area contributed by atoms with Crippen molar-refractivity contribution in [3.8, 4) is 0 Å². The molecule has 1 aromatic heterocycles. The van der Waals surface area contributed by atoms with Gasteiger partial charge in [-0.25, -0.2) is 0 Å². The van der Waals surface area contributed by atoms with E-state index in [0.29, 0.717) is 6.42 Å². The molecule has 0 saturated heterocycles. The number of halogens is 1. The minimum atomic E-state index is -1.01. The number of pyridine rings is 1. The van der Waals surface area contributed by atoms with E-state index in [4.69, 9.17) is 0 Å². The molecule has 0 saturated carbocycles. The molecule has 1 atom stereocenters. The van der Waals surface area contributed by atoms with Crippen LogP contribution in [-0.2, 0) is 5.60 Å². The summed E-state index contributed by atoms with van der Waals surface area (Å²) in [5.41, 5.74) is 0.693. The number of hydrogen-bond acceptors (Lipinski definition) is 3. The van der Waals surface area contributed by atoms with Crippen molar-refractivity contribution in [3.05, 3.63) is 64.4 Å². The minimum absolute atomic E-state index is 0.618. The summed E-state index contributed by atoms with van der Waals surface area (Å²) in [6.07, 6.45) is 4.07. The Balaban J connectivity index is 2.40. The minimum Gasteiger partial charge on any atom is -0.380 e. The highest BCUT2D eigenvalue weighted by Gasteiger charge is 2.31. The van der Waals surface area contributed by atoms with E-state index in [9.17, 15) is 5.11 Å². The molecule has 0 radical (unpaired) electrons. The Morgan fingerprint density at radius 2 is 1.85 bits per heavy atom. The lowest BCUT2D eigenvalue weighted by Gasteiger charge is -2.30. The third kappa shape index (κ3) is 3.45. The van der Waals surface area contributed by atoms with Gasteiger partial charge < -0.3 is 10.0 Å². The van der Waals surface area contributed by atoms with E-state index in [1.807, 2.05) is 50.5 Å². The molecule has 0 unspecified atom stereocenters. The number of nitrogens with zero attached hydrogens (tertiary/aromatic N) is 2. The van der Waals surface area contributed by atoms with Crippen LogP contribution in [0.2, 0.25) is 0 Å². The van der Waals surface area contributed by atoms with Crippen LogP contribution in [0.15, 0.2) is 53.3 Å². The Morgan fingerprint density at radius 1 is 1.15 bits per heavy atom. The van der Waals surface area contributed by atoms with E-state index in [1.54, 1.807) is 12.4 Å². The Bertz CT molecular complexity index is 542. The van der Waals surface area contributed by atoms with Crippen molar-refractivity contribution in [2.45, 2.75) is 12.0 Å². The fraction of sp³-hybridized carbons (Fsp3) is 0.312. The van der Waals surface area contributed by atoms with Crippen molar-refractivity contribution in [3.63, 3.8) is 0 Å². The normalized spacial score (nSPS) is 14.2. The first-order chi connectivity index (χ1) is 9.52. The van der Waals surface area contributed by atoms with Crippen LogP contribution in [0.1, 0.15) is 17.5 Å². The maximum absolute atomic E-state index is 11.2. The molecule has 20 heavy (non-hydrogen) atoms. The zero-order valence-electron chi connectivity index (χ0n) is 11.8. The molecular formula is C16H19BrN2O. The first kappa shape index (κ1) is 15.2. The average Bonchev–Trinajstić information content (AvgIpc) is 2.46. The highest BCUT2D eigenvalue weighted by atomic mass is 79.9. The second-order valence-corrected chi connectivity index (χ2v) is 6.08. The van der Waals surface area contributed by atoms with Gasteiger partial charge in [0, 0.05) is 29.0 Å². The molecule has 3 nitrogen and oxygen atoms in total. The van der Waals surface area contributed by atoms with Crippen molar-refractivity contribution in [2.24, 2.45) is 0 Å². The molecule has 1 aromatic carbocycles.